The van der Waals surface area contributed by atoms with Gasteiger partial charge in [0.1, 0.15) is 12.4 Å². The van der Waals surface area contributed by atoms with E-state index in [9.17, 15) is 8.42 Å². The predicted octanol–water partition coefficient (Wildman–Crippen LogP) is 2.03. The normalized spacial score (nSPS) is 20.0. The van der Waals surface area contributed by atoms with E-state index in [-0.39, 0.29) is 6.10 Å². The first-order valence-electron chi connectivity index (χ1n) is 9.12. The van der Waals surface area contributed by atoms with Crippen molar-refractivity contribution < 1.29 is 13.2 Å². The molecule has 0 bridgehead atoms. The molecule has 1 aromatic heterocycles. The minimum absolute atomic E-state index is 0.245. The van der Waals surface area contributed by atoms with Crippen LogP contribution in [0.5, 0.6) is 5.88 Å². The van der Waals surface area contributed by atoms with Crippen LogP contribution in [0.1, 0.15) is 25.7 Å². The number of ether oxygens (including phenoxy) is 1. The molecule has 1 saturated carbocycles. The first-order chi connectivity index (χ1) is 12.5. The summed E-state index contributed by atoms with van der Waals surface area (Å²) in [5.74, 6) is 0.651. The number of fused-ring (bicyclic) bond motifs is 1. The summed E-state index contributed by atoms with van der Waals surface area (Å²) in [5, 5.41) is 0.919. The highest BCUT2D eigenvalue weighted by Crippen LogP contribution is 2.30. The van der Waals surface area contributed by atoms with Gasteiger partial charge in [0.25, 0.3) is 0 Å². The summed E-state index contributed by atoms with van der Waals surface area (Å²) in [6, 6.07) is 6.08. The average molecular weight is 376 g/mol. The van der Waals surface area contributed by atoms with E-state index < -0.39 is 10.0 Å². The molecule has 7 nitrogen and oxygen atoms in total. The topological polar surface area (TPSA) is 75.6 Å². The molecule has 2 fully saturated rings. The molecule has 0 radical (unpaired) electrons. The molecule has 1 aliphatic carbocycles. The lowest BCUT2D eigenvalue weighted by molar-refractivity contribution is 0.204. The summed E-state index contributed by atoms with van der Waals surface area (Å²) in [7, 11) is -3.12. The Labute approximate surface area is 154 Å². The molecular weight excluding hydrogens is 352 g/mol. The predicted molar refractivity (Wildman–Crippen MR) is 101 cm³/mol. The van der Waals surface area contributed by atoms with E-state index in [1.54, 1.807) is 6.33 Å². The zero-order valence-corrected chi connectivity index (χ0v) is 15.8. The molecule has 1 saturated heterocycles. The molecule has 0 spiro atoms. The minimum atomic E-state index is -3.12. The molecule has 0 unspecified atom stereocenters. The van der Waals surface area contributed by atoms with Crippen molar-refractivity contribution in [2.45, 2.75) is 31.8 Å². The maximum Gasteiger partial charge on any atom is 0.224 e. The van der Waals surface area contributed by atoms with E-state index >= 15 is 0 Å². The fourth-order valence-corrected chi connectivity index (χ4v) is 4.58. The molecule has 8 heteroatoms. The van der Waals surface area contributed by atoms with Crippen LogP contribution in [0.25, 0.3) is 10.9 Å². The van der Waals surface area contributed by atoms with Gasteiger partial charge in [-0.25, -0.2) is 18.4 Å². The standard InChI is InChI=1S/C18H24N4O3S/c1-26(23,24)22-10-8-21(9-11-22)14-6-7-17-16(12-14)18(20-13-19-17)25-15-4-2-3-5-15/h6-7,12-13,15H,2-5,8-11H2,1H3. The lowest BCUT2D eigenvalue weighted by Gasteiger charge is -2.34. The summed E-state index contributed by atoms with van der Waals surface area (Å²) < 4.78 is 31.0. The SMILES string of the molecule is CS(=O)(=O)N1CCN(c2ccc3ncnc(OC4CCCC4)c3c2)CC1. The number of hydrogen-bond acceptors (Lipinski definition) is 6. The van der Waals surface area contributed by atoms with Crippen LogP contribution in [0.4, 0.5) is 5.69 Å². The Morgan fingerprint density at radius 2 is 1.81 bits per heavy atom. The van der Waals surface area contributed by atoms with Gasteiger partial charge in [-0.05, 0) is 43.9 Å². The molecule has 1 aliphatic heterocycles. The number of hydrogen-bond donors (Lipinski definition) is 0. The van der Waals surface area contributed by atoms with Crippen LogP contribution >= 0.6 is 0 Å². The van der Waals surface area contributed by atoms with Crippen LogP contribution in [0, 0.1) is 0 Å². The summed E-state index contributed by atoms with van der Waals surface area (Å²) in [6.07, 6.45) is 7.65. The third-order valence-electron chi connectivity index (χ3n) is 5.24. The fraction of sp³-hybridized carbons (Fsp3) is 0.556. The van der Waals surface area contributed by atoms with Gasteiger partial charge in [-0.15, -0.1) is 0 Å². The second-order valence-corrected chi connectivity index (χ2v) is 9.04. The van der Waals surface area contributed by atoms with Crippen LogP contribution in [0.15, 0.2) is 24.5 Å². The van der Waals surface area contributed by atoms with Crippen molar-refractivity contribution in [3.8, 4) is 5.88 Å². The van der Waals surface area contributed by atoms with Gasteiger partial charge in [0.2, 0.25) is 15.9 Å². The maximum absolute atomic E-state index is 11.7. The van der Waals surface area contributed by atoms with Crippen LogP contribution in [0.3, 0.4) is 0 Å². The van der Waals surface area contributed by atoms with Crippen molar-refractivity contribution in [3.63, 3.8) is 0 Å². The highest BCUT2D eigenvalue weighted by atomic mass is 32.2. The third kappa shape index (κ3) is 3.61. The zero-order chi connectivity index (χ0) is 18.1. The molecule has 2 heterocycles. The van der Waals surface area contributed by atoms with Crippen molar-refractivity contribution in [3.05, 3.63) is 24.5 Å². The fourth-order valence-electron chi connectivity index (χ4n) is 3.75. The monoisotopic (exact) mass is 376 g/mol. The van der Waals surface area contributed by atoms with E-state index in [2.05, 4.69) is 20.9 Å². The maximum atomic E-state index is 11.7. The van der Waals surface area contributed by atoms with Crippen molar-refractivity contribution in [1.82, 2.24) is 14.3 Å². The Bertz CT molecular complexity index is 888. The second kappa shape index (κ2) is 7.00. The Morgan fingerprint density at radius 1 is 1.08 bits per heavy atom. The van der Waals surface area contributed by atoms with Crippen LogP contribution in [0.2, 0.25) is 0 Å². The van der Waals surface area contributed by atoms with E-state index in [4.69, 9.17) is 4.74 Å². The molecule has 26 heavy (non-hydrogen) atoms. The number of sulfonamides is 1. The number of benzene rings is 1. The molecule has 1 aromatic carbocycles. The van der Waals surface area contributed by atoms with Crippen molar-refractivity contribution in [1.29, 1.82) is 0 Å². The van der Waals surface area contributed by atoms with Crippen molar-refractivity contribution in [2.24, 2.45) is 0 Å². The van der Waals surface area contributed by atoms with Gasteiger partial charge in [-0.1, -0.05) is 0 Å². The summed E-state index contributed by atoms with van der Waals surface area (Å²) in [5.41, 5.74) is 1.92. The largest absolute Gasteiger partial charge is 0.474 e. The van der Waals surface area contributed by atoms with Crippen LogP contribution in [-0.4, -0.2) is 61.2 Å². The van der Waals surface area contributed by atoms with Gasteiger partial charge >= 0.3 is 0 Å². The van der Waals surface area contributed by atoms with Crippen LogP contribution in [-0.2, 0) is 10.0 Å². The van der Waals surface area contributed by atoms with E-state index in [1.807, 2.05) is 12.1 Å². The van der Waals surface area contributed by atoms with Gasteiger partial charge in [-0.2, -0.15) is 4.31 Å². The number of piperazine rings is 1. The molecule has 140 valence electrons. The molecule has 2 aromatic rings. The van der Waals surface area contributed by atoms with Gasteiger partial charge < -0.3 is 9.64 Å². The van der Waals surface area contributed by atoms with Gasteiger partial charge in [0.05, 0.1) is 17.2 Å². The van der Waals surface area contributed by atoms with E-state index in [0.29, 0.717) is 32.1 Å². The van der Waals surface area contributed by atoms with Gasteiger partial charge in [0, 0.05) is 31.9 Å². The summed E-state index contributed by atoms with van der Waals surface area (Å²) in [4.78, 5) is 10.9. The van der Waals surface area contributed by atoms with Crippen LogP contribution < -0.4 is 9.64 Å². The Balaban J connectivity index is 1.57. The summed E-state index contributed by atoms with van der Waals surface area (Å²) in [6.45, 7) is 2.36. The highest BCUT2D eigenvalue weighted by Gasteiger charge is 2.24. The highest BCUT2D eigenvalue weighted by molar-refractivity contribution is 7.88. The Morgan fingerprint density at radius 3 is 2.50 bits per heavy atom. The van der Waals surface area contributed by atoms with Gasteiger partial charge in [-0.3, -0.25) is 0 Å². The number of nitrogens with zero attached hydrogens (tertiary/aromatic N) is 4. The molecule has 0 atom stereocenters. The van der Waals surface area contributed by atoms with Crippen molar-refractivity contribution >= 4 is 26.6 Å². The molecule has 4 rings (SSSR count). The number of anilines is 1. The lowest BCUT2D eigenvalue weighted by Crippen LogP contribution is -2.48. The molecule has 0 N–H and O–H groups in total. The molecular formula is C18H24N4O3S. The first kappa shape index (κ1) is 17.5. The van der Waals surface area contributed by atoms with Crippen molar-refractivity contribution in [2.75, 3.05) is 37.3 Å². The first-order valence-corrected chi connectivity index (χ1v) is 11.0. The minimum Gasteiger partial charge on any atom is -0.474 e. The number of rotatable bonds is 4. The van der Waals surface area contributed by atoms with E-state index in [0.717, 1.165) is 29.4 Å². The quantitative estimate of drug-likeness (QED) is 0.813. The Kier molecular flexibility index (Phi) is 4.71. The zero-order valence-electron chi connectivity index (χ0n) is 15.0. The second-order valence-electron chi connectivity index (χ2n) is 7.05. The molecule has 2 aliphatic rings. The third-order valence-corrected chi connectivity index (χ3v) is 6.54. The molecule has 0 amide bonds. The Hall–Kier alpha value is -1.93. The summed E-state index contributed by atoms with van der Waals surface area (Å²) >= 11 is 0. The number of aromatic nitrogens is 2. The van der Waals surface area contributed by atoms with Gasteiger partial charge in [0.15, 0.2) is 0 Å². The smallest absolute Gasteiger partial charge is 0.224 e. The lowest BCUT2D eigenvalue weighted by atomic mass is 10.2. The average Bonchev–Trinajstić information content (AvgIpc) is 3.14. The van der Waals surface area contributed by atoms with E-state index in [1.165, 1.54) is 23.4 Å².